The third kappa shape index (κ3) is 3.95. The fraction of sp³-hybridized carbons (Fsp3) is 0.105. The highest BCUT2D eigenvalue weighted by Gasteiger charge is 2.15. The van der Waals surface area contributed by atoms with Gasteiger partial charge in [-0.2, -0.15) is 0 Å². The number of anilines is 2. The van der Waals surface area contributed by atoms with Crippen LogP contribution in [0.3, 0.4) is 0 Å². The average Bonchev–Trinajstić information content (AvgIpc) is 3.27. The Labute approximate surface area is 153 Å². The molecule has 27 heavy (non-hydrogen) atoms. The highest BCUT2D eigenvalue weighted by Crippen LogP contribution is 2.22. The first-order valence-corrected chi connectivity index (χ1v) is 8.01. The van der Waals surface area contributed by atoms with Crippen LogP contribution < -0.4 is 10.6 Å². The standard InChI is InChI=1S/C19H16FN3O4/c1-10(24)12-7-17(21-9-12)19(26)22-13-3-4-15(20)16(8-13)23-18(25)14-5-6-27-11(14)2/h3-9,21H,1-2H3,(H,22,26)(H,23,25). The Bertz CT molecular complexity index is 1040. The number of carbonyl (C=O) groups excluding carboxylic acids is 3. The van der Waals surface area contributed by atoms with E-state index in [4.69, 9.17) is 4.42 Å². The summed E-state index contributed by atoms with van der Waals surface area (Å²) in [6.45, 7) is 3.01. The summed E-state index contributed by atoms with van der Waals surface area (Å²) in [5.74, 6) is -1.45. The number of hydrogen-bond donors (Lipinski definition) is 3. The lowest BCUT2D eigenvalue weighted by Gasteiger charge is -2.09. The highest BCUT2D eigenvalue weighted by atomic mass is 19.1. The van der Waals surface area contributed by atoms with Crippen molar-refractivity contribution >= 4 is 29.0 Å². The van der Waals surface area contributed by atoms with Crippen LogP contribution in [0, 0.1) is 12.7 Å². The zero-order valence-corrected chi connectivity index (χ0v) is 14.6. The van der Waals surface area contributed by atoms with Gasteiger partial charge in [0.25, 0.3) is 11.8 Å². The van der Waals surface area contributed by atoms with E-state index in [1.165, 1.54) is 43.6 Å². The molecule has 0 aliphatic carbocycles. The first-order valence-electron chi connectivity index (χ1n) is 8.01. The topological polar surface area (TPSA) is 104 Å². The number of Topliss-reactive ketones (excluding diaryl/α,β-unsaturated/α-hetero) is 1. The van der Waals surface area contributed by atoms with Gasteiger partial charge in [-0.15, -0.1) is 0 Å². The molecule has 3 rings (SSSR count). The molecular weight excluding hydrogens is 353 g/mol. The van der Waals surface area contributed by atoms with E-state index in [0.29, 0.717) is 11.3 Å². The molecule has 2 heterocycles. The Balaban J connectivity index is 1.76. The molecule has 0 aliphatic heterocycles. The van der Waals surface area contributed by atoms with Crippen LogP contribution in [0.15, 0.2) is 47.2 Å². The molecule has 0 saturated heterocycles. The Morgan fingerprint density at radius 3 is 2.48 bits per heavy atom. The van der Waals surface area contributed by atoms with Gasteiger partial charge in [0, 0.05) is 17.4 Å². The number of carbonyl (C=O) groups is 3. The summed E-state index contributed by atoms with van der Waals surface area (Å²) in [6.07, 6.45) is 2.80. The lowest BCUT2D eigenvalue weighted by Crippen LogP contribution is -2.15. The van der Waals surface area contributed by atoms with Crippen LogP contribution in [0.1, 0.15) is 43.9 Å². The smallest absolute Gasteiger partial charge is 0.272 e. The van der Waals surface area contributed by atoms with Crippen LogP contribution in [0.5, 0.6) is 0 Å². The fourth-order valence-corrected chi connectivity index (χ4v) is 2.44. The minimum atomic E-state index is -0.652. The van der Waals surface area contributed by atoms with Crippen molar-refractivity contribution in [3.63, 3.8) is 0 Å². The monoisotopic (exact) mass is 369 g/mol. The second kappa shape index (κ2) is 7.28. The Hall–Kier alpha value is -3.68. The zero-order chi connectivity index (χ0) is 19.6. The number of benzene rings is 1. The summed E-state index contributed by atoms with van der Waals surface area (Å²) in [7, 11) is 0. The molecule has 0 atom stereocenters. The number of aromatic amines is 1. The summed E-state index contributed by atoms with van der Waals surface area (Å²) in [4.78, 5) is 38.5. The van der Waals surface area contributed by atoms with Gasteiger partial charge in [-0.05, 0) is 44.2 Å². The van der Waals surface area contributed by atoms with Gasteiger partial charge in [0.15, 0.2) is 5.78 Å². The van der Waals surface area contributed by atoms with E-state index in [9.17, 15) is 18.8 Å². The summed E-state index contributed by atoms with van der Waals surface area (Å²) in [5.41, 5.74) is 1.03. The van der Waals surface area contributed by atoms with Gasteiger partial charge in [-0.1, -0.05) is 0 Å². The zero-order valence-electron chi connectivity index (χ0n) is 14.6. The summed E-state index contributed by atoms with van der Waals surface area (Å²) < 4.78 is 19.1. The van der Waals surface area contributed by atoms with Crippen molar-refractivity contribution in [1.82, 2.24) is 4.98 Å². The SMILES string of the molecule is CC(=O)c1c[nH]c(C(=O)Nc2ccc(F)c(NC(=O)c3ccoc3C)c2)c1. The molecule has 8 heteroatoms. The van der Waals surface area contributed by atoms with Crippen molar-refractivity contribution in [3.8, 4) is 0 Å². The molecule has 0 saturated carbocycles. The Kier molecular flexibility index (Phi) is 4.89. The summed E-state index contributed by atoms with van der Waals surface area (Å²) in [6, 6.07) is 6.69. The van der Waals surface area contributed by atoms with Crippen LogP contribution in [0.25, 0.3) is 0 Å². The third-order valence-corrected chi connectivity index (χ3v) is 3.91. The van der Waals surface area contributed by atoms with Crippen LogP contribution in [0.2, 0.25) is 0 Å². The number of nitrogens with one attached hydrogen (secondary N) is 3. The lowest BCUT2D eigenvalue weighted by atomic mass is 10.2. The summed E-state index contributed by atoms with van der Waals surface area (Å²) >= 11 is 0. The molecule has 1 aromatic carbocycles. The van der Waals surface area contributed by atoms with Gasteiger partial charge in [0.2, 0.25) is 0 Å². The van der Waals surface area contributed by atoms with Gasteiger partial charge in [0.05, 0.1) is 17.5 Å². The van der Waals surface area contributed by atoms with Gasteiger partial charge in [-0.3, -0.25) is 14.4 Å². The minimum absolute atomic E-state index is 0.0886. The normalized spacial score (nSPS) is 10.5. The molecular formula is C19H16FN3O4. The van der Waals surface area contributed by atoms with Crippen molar-refractivity contribution in [1.29, 1.82) is 0 Å². The molecule has 2 aromatic heterocycles. The number of amides is 2. The van der Waals surface area contributed by atoms with E-state index in [-0.39, 0.29) is 28.4 Å². The molecule has 0 unspecified atom stereocenters. The predicted molar refractivity (Wildman–Crippen MR) is 96.5 cm³/mol. The van der Waals surface area contributed by atoms with Gasteiger partial charge in [-0.25, -0.2) is 4.39 Å². The number of halogens is 1. The number of aromatic nitrogens is 1. The van der Waals surface area contributed by atoms with Crippen LogP contribution in [-0.2, 0) is 0 Å². The van der Waals surface area contributed by atoms with Crippen molar-refractivity contribution in [2.24, 2.45) is 0 Å². The largest absolute Gasteiger partial charge is 0.469 e. The number of ketones is 1. The number of furan rings is 1. The minimum Gasteiger partial charge on any atom is -0.469 e. The molecule has 138 valence electrons. The molecule has 0 fully saturated rings. The number of rotatable bonds is 5. The predicted octanol–water partition coefficient (Wildman–Crippen LogP) is 3.76. The second-order valence-electron chi connectivity index (χ2n) is 5.85. The number of H-pyrrole nitrogens is 1. The van der Waals surface area contributed by atoms with E-state index >= 15 is 0 Å². The van der Waals surface area contributed by atoms with Crippen molar-refractivity contribution < 1.29 is 23.2 Å². The lowest BCUT2D eigenvalue weighted by molar-refractivity contribution is 0.101. The molecule has 0 radical (unpaired) electrons. The third-order valence-electron chi connectivity index (χ3n) is 3.91. The Morgan fingerprint density at radius 2 is 1.85 bits per heavy atom. The second-order valence-corrected chi connectivity index (χ2v) is 5.85. The van der Waals surface area contributed by atoms with Crippen LogP contribution in [-0.4, -0.2) is 22.6 Å². The highest BCUT2D eigenvalue weighted by molar-refractivity contribution is 6.07. The maximum Gasteiger partial charge on any atom is 0.272 e. The van der Waals surface area contributed by atoms with Crippen molar-refractivity contribution in [2.45, 2.75) is 13.8 Å². The van der Waals surface area contributed by atoms with E-state index < -0.39 is 17.6 Å². The van der Waals surface area contributed by atoms with Crippen LogP contribution >= 0.6 is 0 Å². The molecule has 0 bridgehead atoms. The van der Waals surface area contributed by atoms with Gasteiger partial charge in [0.1, 0.15) is 17.3 Å². The van der Waals surface area contributed by atoms with Gasteiger partial charge < -0.3 is 20.0 Å². The van der Waals surface area contributed by atoms with Crippen molar-refractivity contribution in [3.05, 3.63) is 71.2 Å². The molecule has 3 aromatic rings. The van der Waals surface area contributed by atoms with E-state index in [1.54, 1.807) is 6.92 Å². The van der Waals surface area contributed by atoms with Crippen molar-refractivity contribution in [2.75, 3.05) is 10.6 Å². The first kappa shape index (κ1) is 18.1. The van der Waals surface area contributed by atoms with E-state index in [0.717, 1.165) is 6.07 Å². The first-order chi connectivity index (χ1) is 12.8. The molecule has 0 spiro atoms. The molecule has 7 nitrogen and oxygen atoms in total. The number of hydrogen-bond acceptors (Lipinski definition) is 4. The maximum absolute atomic E-state index is 14.0. The van der Waals surface area contributed by atoms with Crippen LogP contribution in [0.4, 0.5) is 15.8 Å². The quantitative estimate of drug-likeness (QED) is 0.596. The number of aryl methyl sites for hydroxylation is 1. The average molecular weight is 369 g/mol. The van der Waals surface area contributed by atoms with Gasteiger partial charge >= 0.3 is 0 Å². The fourth-order valence-electron chi connectivity index (χ4n) is 2.44. The maximum atomic E-state index is 14.0. The summed E-state index contributed by atoms with van der Waals surface area (Å²) in [5, 5.41) is 5.03. The molecule has 3 N–H and O–H groups in total. The molecule has 0 aliphatic rings. The molecule has 2 amide bonds. The van der Waals surface area contributed by atoms with E-state index in [1.807, 2.05) is 0 Å². The Morgan fingerprint density at radius 1 is 1.07 bits per heavy atom. The van der Waals surface area contributed by atoms with E-state index in [2.05, 4.69) is 15.6 Å².